The van der Waals surface area contributed by atoms with Crippen LogP contribution in [0.25, 0.3) is 11.3 Å². The van der Waals surface area contributed by atoms with Crippen LogP contribution in [0.2, 0.25) is 0 Å². The van der Waals surface area contributed by atoms with Gasteiger partial charge in [0.1, 0.15) is 5.82 Å². The van der Waals surface area contributed by atoms with Gasteiger partial charge in [-0.2, -0.15) is 0 Å². The minimum Gasteiger partial charge on any atom is -0.301 e. The number of benzene rings is 2. The molecule has 0 radical (unpaired) electrons. The van der Waals surface area contributed by atoms with Crippen molar-refractivity contribution in [1.29, 1.82) is 0 Å². The second-order valence-electron chi connectivity index (χ2n) is 5.12. The molecule has 6 heteroatoms. The number of aromatic nitrogens is 1. The van der Waals surface area contributed by atoms with Crippen LogP contribution in [0.15, 0.2) is 58.8 Å². The lowest BCUT2D eigenvalue weighted by Gasteiger charge is -2.03. The lowest BCUT2D eigenvalue weighted by atomic mass is 10.1. The van der Waals surface area contributed by atoms with Crippen LogP contribution in [-0.2, 0) is 4.79 Å². The number of aryl methyl sites for hydroxylation is 1. The van der Waals surface area contributed by atoms with E-state index in [2.05, 4.69) is 10.3 Å². The highest BCUT2D eigenvalue weighted by atomic mass is 32.2. The van der Waals surface area contributed by atoms with Crippen molar-refractivity contribution in [1.82, 2.24) is 4.98 Å². The lowest BCUT2D eigenvalue weighted by molar-refractivity contribution is -0.113. The number of nitrogens with one attached hydrogen (secondary N) is 1. The Morgan fingerprint density at radius 2 is 1.96 bits per heavy atom. The number of halogens is 1. The number of rotatable bonds is 5. The molecule has 1 amide bonds. The van der Waals surface area contributed by atoms with Crippen LogP contribution in [0.3, 0.4) is 0 Å². The van der Waals surface area contributed by atoms with E-state index in [4.69, 9.17) is 0 Å². The maximum absolute atomic E-state index is 13.5. The van der Waals surface area contributed by atoms with Crippen molar-refractivity contribution in [2.75, 3.05) is 11.1 Å². The molecule has 0 bridgehead atoms. The molecule has 0 atom stereocenters. The second-order valence-corrected chi connectivity index (χ2v) is 7.00. The molecular formula is C18H15FN2OS2. The summed E-state index contributed by atoms with van der Waals surface area (Å²) in [6.45, 7) is 2.03. The average molecular weight is 358 g/mol. The smallest absolute Gasteiger partial charge is 0.236 e. The Morgan fingerprint density at radius 1 is 1.21 bits per heavy atom. The van der Waals surface area contributed by atoms with E-state index in [-0.39, 0.29) is 17.5 Å². The highest BCUT2D eigenvalue weighted by Gasteiger charge is 2.10. The number of carbonyl (C=O) groups excluding carboxylic acids is 1. The van der Waals surface area contributed by atoms with Crippen molar-refractivity contribution in [2.24, 2.45) is 0 Å². The zero-order valence-electron chi connectivity index (χ0n) is 13.0. The molecule has 3 aromatic rings. The first-order chi connectivity index (χ1) is 11.6. The van der Waals surface area contributed by atoms with Gasteiger partial charge >= 0.3 is 0 Å². The molecule has 0 unspecified atom stereocenters. The van der Waals surface area contributed by atoms with Gasteiger partial charge in [0.2, 0.25) is 5.91 Å². The molecule has 122 valence electrons. The fourth-order valence-electron chi connectivity index (χ4n) is 2.18. The third-order valence-electron chi connectivity index (χ3n) is 3.37. The van der Waals surface area contributed by atoms with Gasteiger partial charge in [0.15, 0.2) is 5.13 Å². The van der Waals surface area contributed by atoms with Crippen LogP contribution in [0.1, 0.15) is 5.56 Å². The molecule has 1 heterocycles. The largest absolute Gasteiger partial charge is 0.301 e. The fourth-order valence-corrected chi connectivity index (χ4v) is 3.64. The van der Waals surface area contributed by atoms with Gasteiger partial charge in [0.05, 0.1) is 11.4 Å². The van der Waals surface area contributed by atoms with E-state index >= 15 is 0 Å². The maximum atomic E-state index is 13.5. The number of thiazole rings is 1. The van der Waals surface area contributed by atoms with E-state index in [0.717, 1.165) is 16.8 Å². The zero-order valence-corrected chi connectivity index (χ0v) is 14.6. The quantitative estimate of drug-likeness (QED) is 0.654. The molecule has 0 saturated heterocycles. The molecule has 3 rings (SSSR count). The fraction of sp³-hybridized carbons (Fsp3) is 0.111. The summed E-state index contributed by atoms with van der Waals surface area (Å²) in [6, 6.07) is 14.4. The summed E-state index contributed by atoms with van der Waals surface area (Å²) in [4.78, 5) is 16.9. The van der Waals surface area contributed by atoms with Crippen molar-refractivity contribution in [3.8, 4) is 11.3 Å². The van der Waals surface area contributed by atoms with Crippen LogP contribution in [0, 0.1) is 12.7 Å². The Hall–Kier alpha value is -2.18. The first-order valence-electron chi connectivity index (χ1n) is 7.32. The van der Waals surface area contributed by atoms with Crippen LogP contribution in [-0.4, -0.2) is 16.6 Å². The van der Waals surface area contributed by atoms with Crippen molar-refractivity contribution in [3.63, 3.8) is 0 Å². The molecule has 3 nitrogen and oxygen atoms in total. The Bertz CT molecular complexity index is 863. The molecule has 0 spiro atoms. The minimum atomic E-state index is -0.314. The molecule has 0 aliphatic carbocycles. The molecule has 0 aliphatic heterocycles. The van der Waals surface area contributed by atoms with E-state index in [0.29, 0.717) is 10.0 Å². The predicted octanol–water partition coefficient (Wildman–Crippen LogP) is 4.99. The molecule has 1 N–H and O–H groups in total. The van der Waals surface area contributed by atoms with Crippen LogP contribution >= 0.6 is 23.1 Å². The third-order valence-corrected chi connectivity index (χ3v) is 5.17. The van der Waals surface area contributed by atoms with Crippen molar-refractivity contribution in [2.45, 2.75) is 11.8 Å². The molecule has 0 aliphatic rings. The highest BCUT2D eigenvalue weighted by Crippen LogP contribution is 2.27. The number of nitrogens with zero attached hydrogens (tertiary/aromatic N) is 1. The normalized spacial score (nSPS) is 10.6. The van der Waals surface area contributed by atoms with Crippen molar-refractivity contribution >= 4 is 34.1 Å². The Kier molecular flexibility index (Phi) is 5.27. The summed E-state index contributed by atoms with van der Waals surface area (Å²) < 4.78 is 13.5. The van der Waals surface area contributed by atoms with Gasteiger partial charge in [0.25, 0.3) is 0 Å². The summed E-state index contributed by atoms with van der Waals surface area (Å²) in [7, 11) is 0. The second kappa shape index (κ2) is 7.59. The third kappa shape index (κ3) is 4.01. The van der Waals surface area contributed by atoms with Gasteiger partial charge in [-0.3, -0.25) is 4.79 Å². The number of hydrogen-bond donors (Lipinski definition) is 1. The monoisotopic (exact) mass is 358 g/mol. The number of thioether (sulfide) groups is 1. The van der Waals surface area contributed by atoms with E-state index in [1.165, 1.54) is 29.2 Å². The number of hydrogen-bond acceptors (Lipinski definition) is 4. The summed E-state index contributed by atoms with van der Waals surface area (Å²) in [6.07, 6.45) is 0. The summed E-state index contributed by atoms with van der Waals surface area (Å²) in [5.74, 6) is -0.374. The molecule has 2 aromatic carbocycles. The van der Waals surface area contributed by atoms with Gasteiger partial charge in [-0.25, -0.2) is 9.37 Å². The van der Waals surface area contributed by atoms with Crippen LogP contribution < -0.4 is 5.32 Å². The summed E-state index contributed by atoms with van der Waals surface area (Å²) in [5.41, 5.74) is 3.03. The van der Waals surface area contributed by atoms with Gasteiger partial charge in [-0.15, -0.1) is 23.1 Å². The number of carbonyl (C=O) groups is 1. The maximum Gasteiger partial charge on any atom is 0.236 e. The molecule has 1 aromatic heterocycles. The first-order valence-corrected chi connectivity index (χ1v) is 9.19. The summed E-state index contributed by atoms with van der Waals surface area (Å²) >= 11 is 2.55. The molecular weight excluding hydrogens is 343 g/mol. The van der Waals surface area contributed by atoms with Gasteiger partial charge in [-0.05, 0) is 24.6 Å². The molecule has 0 saturated carbocycles. The average Bonchev–Trinajstić information content (AvgIpc) is 3.03. The zero-order chi connectivity index (χ0) is 16.9. The Morgan fingerprint density at radius 3 is 2.75 bits per heavy atom. The standard InChI is InChI=1S/C18H15FN2OS2/c1-12-6-2-3-7-13(12)15-10-24-18(20-15)21-17(22)11-23-16-9-5-4-8-14(16)19/h2-10H,11H2,1H3,(H,20,21,22). The lowest BCUT2D eigenvalue weighted by Crippen LogP contribution is -2.13. The van der Waals surface area contributed by atoms with Gasteiger partial charge in [0, 0.05) is 15.8 Å². The molecule has 24 heavy (non-hydrogen) atoms. The van der Waals surface area contributed by atoms with Crippen molar-refractivity contribution < 1.29 is 9.18 Å². The first kappa shape index (κ1) is 16.7. The summed E-state index contributed by atoms with van der Waals surface area (Å²) in [5, 5.41) is 5.23. The van der Waals surface area contributed by atoms with Gasteiger partial charge in [-0.1, -0.05) is 36.4 Å². The van der Waals surface area contributed by atoms with Gasteiger partial charge < -0.3 is 5.32 Å². The number of amides is 1. The predicted molar refractivity (Wildman–Crippen MR) is 98.0 cm³/mol. The Balaban J connectivity index is 1.62. The van der Waals surface area contributed by atoms with Crippen molar-refractivity contribution in [3.05, 3.63) is 65.3 Å². The van der Waals surface area contributed by atoms with Crippen LogP contribution in [0.5, 0.6) is 0 Å². The number of anilines is 1. The highest BCUT2D eigenvalue weighted by molar-refractivity contribution is 8.00. The van der Waals surface area contributed by atoms with Crippen LogP contribution in [0.4, 0.5) is 9.52 Å². The minimum absolute atomic E-state index is 0.139. The molecule has 0 fully saturated rings. The van der Waals surface area contributed by atoms with E-state index in [1.807, 2.05) is 36.6 Å². The van der Waals surface area contributed by atoms with E-state index < -0.39 is 0 Å². The van der Waals surface area contributed by atoms with E-state index in [1.54, 1.807) is 18.2 Å². The topological polar surface area (TPSA) is 42.0 Å². The SMILES string of the molecule is Cc1ccccc1-c1csc(NC(=O)CSc2ccccc2F)n1. The van der Waals surface area contributed by atoms with E-state index in [9.17, 15) is 9.18 Å². The Labute approximate surface area is 148 Å².